The van der Waals surface area contributed by atoms with Crippen LogP contribution in [0.15, 0.2) is 48.9 Å². The number of pyridine rings is 1. The van der Waals surface area contributed by atoms with Crippen LogP contribution in [0.25, 0.3) is 22.3 Å². The van der Waals surface area contributed by atoms with Crippen molar-refractivity contribution < 1.29 is 9.53 Å². The molecule has 3 aromatic heterocycles. The molecule has 2 aliphatic carbocycles. The van der Waals surface area contributed by atoms with Gasteiger partial charge in [0.2, 0.25) is 11.8 Å². The number of H-pyrrole nitrogens is 1. The molecule has 1 N–H and O–H groups in total. The molecule has 1 amide bonds. The van der Waals surface area contributed by atoms with E-state index in [0.717, 1.165) is 86.0 Å². The van der Waals surface area contributed by atoms with Gasteiger partial charge in [0, 0.05) is 68.6 Å². The van der Waals surface area contributed by atoms with Crippen molar-refractivity contribution in [1.82, 2.24) is 34.7 Å². The number of carbonyl (C=O) groups is 1. The minimum Gasteiger partial charge on any atom is -0.477 e. The zero-order valence-corrected chi connectivity index (χ0v) is 22.1. The van der Waals surface area contributed by atoms with Gasteiger partial charge in [-0.3, -0.25) is 14.7 Å². The maximum Gasteiger partial charge on any atom is 0.225 e. The second-order valence-corrected chi connectivity index (χ2v) is 11.1. The van der Waals surface area contributed by atoms with Crippen molar-refractivity contribution in [3.05, 3.63) is 66.0 Å². The van der Waals surface area contributed by atoms with Gasteiger partial charge in [0.25, 0.3) is 0 Å². The maximum absolute atomic E-state index is 12.3. The molecule has 200 valence electrons. The van der Waals surface area contributed by atoms with Crippen molar-refractivity contribution in [1.29, 1.82) is 0 Å². The number of carbonyl (C=O) groups excluding carboxylic acids is 1. The zero-order chi connectivity index (χ0) is 26.2. The minimum atomic E-state index is 0.306. The van der Waals surface area contributed by atoms with Gasteiger partial charge in [0.15, 0.2) is 0 Å². The molecular formula is C30H33N7O2. The van der Waals surface area contributed by atoms with Crippen LogP contribution in [0.2, 0.25) is 0 Å². The lowest BCUT2D eigenvalue weighted by atomic mass is 10.1. The Bertz CT molecular complexity index is 1490. The van der Waals surface area contributed by atoms with E-state index in [0.29, 0.717) is 30.0 Å². The molecule has 2 saturated carbocycles. The molecule has 0 unspecified atom stereocenters. The second kappa shape index (κ2) is 10.4. The quantitative estimate of drug-likeness (QED) is 0.356. The van der Waals surface area contributed by atoms with Gasteiger partial charge in [0.1, 0.15) is 12.2 Å². The van der Waals surface area contributed by atoms with E-state index < -0.39 is 0 Å². The van der Waals surface area contributed by atoms with Gasteiger partial charge < -0.3 is 14.6 Å². The summed E-state index contributed by atoms with van der Waals surface area (Å²) in [7, 11) is 0. The molecule has 0 radical (unpaired) electrons. The number of ether oxygens (including phenoxy) is 1. The molecule has 3 aliphatic rings. The Labute approximate surface area is 227 Å². The summed E-state index contributed by atoms with van der Waals surface area (Å²) in [5, 5.41) is 0. The number of rotatable bonds is 9. The standard InChI is InChI=1S/C30H33N7O2/c38-30(22-3-4-22)37-11-9-36(10-12-37)17-21-7-8-31-24(13-21)15-28-34-25-6-5-23(14-27(25)35-28)26-16-29(33-19-32-26)39-18-20-1-2-20/h5-8,13-14,16,19-20,22H,1-4,9-12,15,17-18H2,(H,34,35). The van der Waals surface area contributed by atoms with Gasteiger partial charge in [0.05, 0.1) is 23.3 Å². The van der Waals surface area contributed by atoms with Crippen molar-refractivity contribution >= 4 is 16.9 Å². The monoisotopic (exact) mass is 523 g/mol. The number of nitrogens with one attached hydrogen (secondary N) is 1. The Morgan fingerprint density at radius 1 is 0.974 bits per heavy atom. The third-order valence-electron chi connectivity index (χ3n) is 7.88. The smallest absolute Gasteiger partial charge is 0.225 e. The third kappa shape index (κ3) is 5.78. The Morgan fingerprint density at radius 2 is 1.85 bits per heavy atom. The molecule has 0 spiro atoms. The number of benzene rings is 1. The van der Waals surface area contributed by atoms with Crippen molar-refractivity contribution in [2.24, 2.45) is 11.8 Å². The maximum atomic E-state index is 12.3. The summed E-state index contributed by atoms with van der Waals surface area (Å²) < 4.78 is 5.84. The Hall–Kier alpha value is -3.85. The molecule has 9 nitrogen and oxygen atoms in total. The average Bonchev–Trinajstić information content (AvgIpc) is 3.90. The van der Waals surface area contributed by atoms with Gasteiger partial charge >= 0.3 is 0 Å². The van der Waals surface area contributed by atoms with Crippen molar-refractivity contribution in [3.63, 3.8) is 0 Å². The molecule has 1 aromatic carbocycles. The summed E-state index contributed by atoms with van der Waals surface area (Å²) in [6.45, 7) is 5.10. The van der Waals surface area contributed by atoms with Gasteiger partial charge in [-0.2, -0.15) is 0 Å². The van der Waals surface area contributed by atoms with Crippen LogP contribution in [0.1, 0.15) is 42.8 Å². The Morgan fingerprint density at radius 3 is 2.67 bits per heavy atom. The highest BCUT2D eigenvalue weighted by molar-refractivity contribution is 5.81. The molecular weight excluding hydrogens is 490 g/mol. The molecule has 3 fully saturated rings. The summed E-state index contributed by atoms with van der Waals surface area (Å²) in [5.74, 6) is 2.85. The minimum absolute atomic E-state index is 0.306. The van der Waals surface area contributed by atoms with Crippen LogP contribution in [0, 0.1) is 11.8 Å². The Kier molecular flexibility index (Phi) is 6.44. The topological polar surface area (TPSA) is 100 Å². The molecule has 0 bridgehead atoms. The predicted octanol–water partition coefficient (Wildman–Crippen LogP) is 3.85. The summed E-state index contributed by atoms with van der Waals surface area (Å²) in [6, 6.07) is 12.3. The normalized spacial score (nSPS) is 18.0. The molecule has 9 heteroatoms. The number of nitrogens with zero attached hydrogens (tertiary/aromatic N) is 6. The molecule has 39 heavy (non-hydrogen) atoms. The number of amides is 1. The fraction of sp³-hybridized carbons (Fsp3) is 0.433. The van der Waals surface area contributed by atoms with Crippen molar-refractivity contribution in [2.45, 2.75) is 38.6 Å². The Balaban J connectivity index is 0.995. The lowest BCUT2D eigenvalue weighted by Crippen LogP contribution is -2.48. The number of aromatic nitrogens is 5. The van der Waals surface area contributed by atoms with Gasteiger partial charge in [-0.1, -0.05) is 6.07 Å². The summed E-state index contributed by atoms with van der Waals surface area (Å²) in [6.07, 6.45) is 8.72. The first-order valence-electron chi connectivity index (χ1n) is 14.0. The van der Waals surface area contributed by atoms with Gasteiger partial charge in [-0.25, -0.2) is 15.0 Å². The van der Waals surface area contributed by atoms with Crippen LogP contribution < -0.4 is 4.74 Å². The first-order chi connectivity index (χ1) is 19.2. The average molecular weight is 524 g/mol. The third-order valence-corrected chi connectivity index (χ3v) is 7.88. The van der Waals surface area contributed by atoms with Crippen LogP contribution in [0.3, 0.4) is 0 Å². The van der Waals surface area contributed by atoms with Crippen molar-refractivity contribution in [2.75, 3.05) is 32.8 Å². The fourth-order valence-electron chi connectivity index (χ4n) is 5.24. The number of hydrogen-bond donors (Lipinski definition) is 1. The SMILES string of the molecule is O=C(C1CC1)N1CCN(Cc2ccnc(Cc3nc4ccc(-c5cc(OCC6CC6)ncn5)cc4[nH]3)c2)CC1. The summed E-state index contributed by atoms with van der Waals surface area (Å²) >= 11 is 0. The highest BCUT2D eigenvalue weighted by atomic mass is 16.5. The van der Waals surface area contributed by atoms with E-state index in [9.17, 15) is 4.79 Å². The van der Waals surface area contributed by atoms with E-state index >= 15 is 0 Å². The van der Waals surface area contributed by atoms with E-state index in [1.165, 1.54) is 18.4 Å². The van der Waals surface area contributed by atoms with E-state index in [4.69, 9.17) is 9.72 Å². The van der Waals surface area contributed by atoms with Gasteiger partial charge in [-0.05, 0) is 61.4 Å². The van der Waals surface area contributed by atoms with E-state index in [1.54, 1.807) is 6.33 Å². The van der Waals surface area contributed by atoms with Crippen LogP contribution in [-0.2, 0) is 17.8 Å². The fourth-order valence-corrected chi connectivity index (χ4v) is 5.24. The molecule has 0 atom stereocenters. The number of aromatic amines is 1. The number of hydrogen-bond acceptors (Lipinski definition) is 7. The first kappa shape index (κ1) is 24.2. The molecule has 1 aliphatic heterocycles. The summed E-state index contributed by atoms with van der Waals surface area (Å²) in [5.41, 5.74) is 5.95. The number of imidazole rings is 1. The number of piperazine rings is 1. The van der Waals surface area contributed by atoms with Gasteiger partial charge in [-0.15, -0.1) is 0 Å². The largest absolute Gasteiger partial charge is 0.477 e. The van der Waals surface area contributed by atoms with Crippen LogP contribution in [-0.4, -0.2) is 73.4 Å². The lowest BCUT2D eigenvalue weighted by Gasteiger charge is -2.35. The molecule has 1 saturated heterocycles. The van der Waals surface area contributed by atoms with E-state index in [2.05, 4.69) is 43.0 Å². The van der Waals surface area contributed by atoms with E-state index in [1.807, 2.05) is 29.3 Å². The van der Waals surface area contributed by atoms with Crippen LogP contribution in [0.5, 0.6) is 5.88 Å². The van der Waals surface area contributed by atoms with E-state index in [-0.39, 0.29) is 0 Å². The number of fused-ring (bicyclic) bond motifs is 1. The molecule has 4 heterocycles. The van der Waals surface area contributed by atoms with Crippen molar-refractivity contribution in [3.8, 4) is 17.1 Å². The van der Waals surface area contributed by atoms with Crippen LogP contribution in [0.4, 0.5) is 0 Å². The summed E-state index contributed by atoms with van der Waals surface area (Å²) in [4.78, 5) is 38.4. The highest BCUT2D eigenvalue weighted by Gasteiger charge is 2.34. The zero-order valence-electron chi connectivity index (χ0n) is 22.1. The highest BCUT2D eigenvalue weighted by Crippen LogP contribution is 2.32. The lowest BCUT2D eigenvalue weighted by molar-refractivity contribution is -0.134. The molecule has 7 rings (SSSR count). The molecule has 4 aromatic rings. The second-order valence-electron chi connectivity index (χ2n) is 11.1. The first-order valence-corrected chi connectivity index (χ1v) is 14.0. The predicted molar refractivity (Wildman–Crippen MR) is 147 cm³/mol. The van der Waals surface area contributed by atoms with Crippen LogP contribution >= 0.6 is 0 Å².